The number of rotatable bonds is 3. The molecule has 1 fully saturated rings. The Hall–Kier alpha value is -2.21. The maximum absolute atomic E-state index is 11.0. The molecule has 3 heterocycles. The van der Waals surface area contributed by atoms with Gasteiger partial charge in [-0.05, 0) is 12.1 Å². The Morgan fingerprint density at radius 1 is 1.48 bits per heavy atom. The van der Waals surface area contributed by atoms with Gasteiger partial charge in [0.05, 0.1) is 18.2 Å². The van der Waals surface area contributed by atoms with Gasteiger partial charge in [0.15, 0.2) is 0 Å². The van der Waals surface area contributed by atoms with E-state index in [1.807, 2.05) is 24.5 Å². The second-order valence-electron chi connectivity index (χ2n) is 5.10. The van der Waals surface area contributed by atoms with Crippen LogP contribution in [0, 0.1) is 0 Å². The summed E-state index contributed by atoms with van der Waals surface area (Å²) in [7, 11) is 0. The third kappa shape index (κ3) is 3.11. The Labute approximate surface area is 123 Å². The highest BCUT2D eigenvalue weighted by atomic mass is 16.5. The molecule has 1 aliphatic rings. The van der Waals surface area contributed by atoms with E-state index >= 15 is 0 Å². The molecule has 0 aliphatic carbocycles. The first-order chi connectivity index (χ1) is 10.2. The van der Waals surface area contributed by atoms with Crippen molar-refractivity contribution in [2.75, 3.05) is 31.1 Å². The zero-order valence-electron chi connectivity index (χ0n) is 12.0. The lowest BCUT2D eigenvalue weighted by Gasteiger charge is -2.35. The van der Waals surface area contributed by atoms with Crippen molar-refractivity contribution in [3.63, 3.8) is 0 Å². The van der Waals surface area contributed by atoms with Gasteiger partial charge in [0.1, 0.15) is 0 Å². The van der Waals surface area contributed by atoms with Gasteiger partial charge in [-0.3, -0.25) is 14.8 Å². The Balaban J connectivity index is 1.80. The summed E-state index contributed by atoms with van der Waals surface area (Å²) in [6, 6.07) is 3.92. The second-order valence-corrected chi connectivity index (χ2v) is 5.10. The largest absolute Gasteiger partial charge is 0.373 e. The van der Waals surface area contributed by atoms with Gasteiger partial charge >= 0.3 is 0 Å². The average Bonchev–Trinajstić information content (AvgIpc) is 2.52. The predicted octanol–water partition coefficient (Wildman–Crippen LogP) is 0.971. The van der Waals surface area contributed by atoms with Crippen LogP contribution >= 0.6 is 0 Å². The van der Waals surface area contributed by atoms with Crippen LogP contribution in [0.3, 0.4) is 0 Å². The van der Waals surface area contributed by atoms with E-state index in [2.05, 4.69) is 20.2 Å². The van der Waals surface area contributed by atoms with Gasteiger partial charge < -0.3 is 15.0 Å². The van der Waals surface area contributed by atoms with E-state index in [-0.39, 0.29) is 12.0 Å². The molecule has 2 aromatic rings. The SMILES string of the molecule is CC(=O)NCC1CN(c2ccnc3ccncc23)CCO1. The Morgan fingerprint density at radius 2 is 2.38 bits per heavy atom. The number of nitrogens with zero attached hydrogens (tertiary/aromatic N) is 3. The molecule has 2 aromatic heterocycles. The monoisotopic (exact) mass is 286 g/mol. The summed E-state index contributed by atoms with van der Waals surface area (Å²) in [6.45, 7) is 4.27. The summed E-state index contributed by atoms with van der Waals surface area (Å²) in [5, 5.41) is 3.85. The van der Waals surface area contributed by atoms with E-state index in [0.717, 1.165) is 29.7 Å². The molecule has 110 valence electrons. The van der Waals surface area contributed by atoms with Crippen molar-refractivity contribution in [2.24, 2.45) is 0 Å². The van der Waals surface area contributed by atoms with E-state index in [9.17, 15) is 4.79 Å². The number of carbonyl (C=O) groups is 1. The fourth-order valence-corrected chi connectivity index (χ4v) is 2.57. The molecule has 21 heavy (non-hydrogen) atoms. The summed E-state index contributed by atoms with van der Waals surface area (Å²) < 4.78 is 5.70. The molecule has 1 unspecified atom stereocenters. The van der Waals surface area contributed by atoms with E-state index in [1.54, 1.807) is 6.20 Å². The number of hydrogen-bond donors (Lipinski definition) is 1. The topological polar surface area (TPSA) is 67.4 Å². The summed E-state index contributed by atoms with van der Waals surface area (Å²) in [5.41, 5.74) is 2.05. The molecule has 3 rings (SSSR count). The molecular weight excluding hydrogens is 268 g/mol. The van der Waals surface area contributed by atoms with Gasteiger partial charge in [0, 0.05) is 56.2 Å². The van der Waals surface area contributed by atoms with E-state index in [0.29, 0.717) is 13.2 Å². The van der Waals surface area contributed by atoms with Crippen LogP contribution in [0.2, 0.25) is 0 Å². The quantitative estimate of drug-likeness (QED) is 0.910. The summed E-state index contributed by atoms with van der Waals surface area (Å²) in [6.07, 6.45) is 5.41. The smallest absolute Gasteiger partial charge is 0.216 e. The summed E-state index contributed by atoms with van der Waals surface area (Å²) >= 11 is 0. The van der Waals surface area contributed by atoms with Crippen molar-refractivity contribution < 1.29 is 9.53 Å². The zero-order chi connectivity index (χ0) is 14.7. The molecule has 0 spiro atoms. The van der Waals surface area contributed by atoms with Gasteiger partial charge in [-0.15, -0.1) is 0 Å². The van der Waals surface area contributed by atoms with Crippen LogP contribution in [-0.2, 0) is 9.53 Å². The number of nitrogens with one attached hydrogen (secondary N) is 1. The van der Waals surface area contributed by atoms with Crippen LogP contribution < -0.4 is 10.2 Å². The standard InChI is InChI=1S/C15H18N4O2/c1-11(20)18-8-12-10-19(6-7-21-12)15-3-5-17-14-2-4-16-9-13(14)15/h2-5,9,12H,6-8,10H2,1H3,(H,18,20). The van der Waals surface area contributed by atoms with Crippen molar-refractivity contribution in [2.45, 2.75) is 13.0 Å². The van der Waals surface area contributed by atoms with Crippen LogP contribution in [0.4, 0.5) is 5.69 Å². The average molecular weight is 286 g/mol. The molecule has 0 bridgehead atoms. The van der Waals surface area contributed by atoms with Crippen LogP contribution in [0.1, 0.15) is 6.92 Å². The minimum Gasteiger partial charge on any atom is -0.373 e. The molecule has 1 atom stereocenters. The lowest BCUT2D eigenvalue weighted by Crippen LogP contribution is -2.47. The Kier molecular flexibility index (Phi) is 3.96. The van der Waals surface area contributed by atoms with E-state index < -0.39 is 0 Å². The number of pyridine rings is 2. The molecule has 6 nitrogen and oxygen atoms in total. The lowest BCUT2D eigenvalue weighted by molar-refractivity contribution is -0.119. The summed E-state index contributed by atoms with van der Waals surface area (Å²) in [5.74, 6) is -0.0331. The molecular formula is C15H18N4O2. The third-order valence-electron chi connectivity index (χ3n) is 3.58. The van der Waals surface area contributed by atoms with Gasteiger partial charge in [0.2, 0.25) is 5.91 Å². The zero-order valence-corrected chi connectivity index (χ0v) is 12.0. The fraction of sp³-hybridized carbons (Fsp3) is 0.400. The van der Waals surface area contributed by atoms with Crippen LogP contribution in [0.25, 0.3) is 10.9 Å². The maximum Gasteiger partial charge on any atom is 0.216 e. The number of amides is 1. The molecule has 0 aromatic carbocycles. The molecule has 1 aliphatic heterocycles. The Bertz CT molecular complexity index is 641. The van der Waals surface area contributed by atoms with Crippen molar-refractivity contribution in [1.82, 2.24) is 15.3 Å². The van der Waals surface area contributed by atoms with Gasteiger partial charge in [0.25, 0.3) is 0 Å². The third-order valence-corrected chi connectivity index (χ3v) is 3.58. The normalized spacial score (nSPS) is 18.7. The van der Waals surface area contributed by atoms with Crippen LogP contribution in [-0.4, -0.2) is 48.2 Å². The molecule has 0 radical (unpaired) electrons. The molecule has 0 saturated carbocycles. The maximum atomic E-state index is 11.0. The first kappa shape index (κ1) is 13.8. The first-order valence-corrected chi connectivity index (χ1v) is 7.04. The van der Waals surface area contributed by atoms with E-state index in [1.165, 1.54) is 6.92 Å². The van der Waals surface area contributed by atoms with Crippen molar-refractivity contribution >= 4 is 22.5 Å². The highest BCUT2D eigenvalue weighted by molar-refractivity contribution is 5.90. The van der Waals surface area contributed by atoms with Crippen molar-refractivity contribution in [1.29, 1.82) is 0 Å². The second kappa shape index (κ2) is 6.05. The fourth-order valence-electron chi connectivity index (χ4n) is 2.57. The highest BCUT2D eigenvalue weighted by Crippen LogP contribution is 2.25. The molecule has 1 saturated heterocycles. The van der Waals surface area contributed by atoms with Crippen LogP contribution in [0.15, 0.2) is 30.7 Å². The lowest BCUT2D eigenvalue weighted by atomic mass is 10.2. The number of carbonyl (C=O) groups excluding carboxylic acids is 1. The van der Waals surface area contributed by atoms with Gasteiger partial charge in [-0.1, -0.05) is 0 Å². The first-order valence-electron chi connectivity index (χ1n) is 7.04. The number of fused-ring (bicyclic) bond motifs is 1. The van der Waals surface area contributed by atoms with Crippen LogP contribution in [0.5, 0.6) is 0 Å². The number of anilines is 1. The molecule has 1 N–H and O–H groups in total. The Morgan fingerprint density at radius 3 is 3.24 bits per heavy atom. The number of ether oxygens (including phenoxy) is 1. The number of aromatic nitrogens is 2. The van der Waals surface area contributed by atoms with Crippen molar-refractivity contribution in [3.8, 4) is 0 Å². The highest BCUT2D eigenvalue weighted by Gasteiger charge is 2.22. The van der Waals surface area contributed by atoms with Gasteiger partial charge in [-0.25, -0.2) is 0 Å². The van der Waals surface area contributed by atoms with Crippen molar-refractivity contribution in [3.05, 3.63) is 30.7 Å². The minimum absolute atomic E-state index is 0.00235. The van der Waals surface area contributed by atoms with E-state index in [4.69, 9.17) is 4.74 Å². The van der Waals surface area contributed by atoms with Gasteiger partial charge in [-0.2, -0.15) is 0 Å². The predicted molar refractivity (Wildman–Crippen MR) is 80.2 cm³/mol. The number of morpholine rings is 1. The summed E-state index contributed by atoms with van der Waals surface area (Å²) in [4.78, 5) is 21.8. The number of hydrogen-bond acceptors (Lipinski definition) is 5. The molecule has 1 amide bonds. The molecule has 6 heteroatoms. The minimum atomic E-state index is -0.0331.